The van der Waals surface area contributed by atoms with Gasteiger partial charge in [0, 0.05) is 5.56 Å². The minimum atomic E-state index is -0.0666. The molecule has 0 radical (unpaired) electrons. The molecule has 0 bridgehead atoms. The van der Waals surface area contributed by atoms with E-state index in [4.69, 9.17) is 14.2 Å². The monoisotopic (exact) mass is 306 g/mol. The third-order valence-corrected chi connectivity index (χ3v) is 5.21. The molecule has 1 aliphatic carbocycles. The first-order valence-corrected chi connectivity index (χ1v) is 7.61. The summed E-state index contributed by atoms with van der Waals surface area (Å²) >= 11 is 0. The molecule has 0 amide bonds. The van der Waals surface area contributed by atoms with Gasteiger partial charge in [0.2, 0.25) is 5.75 Å². The Hall–Kier alpha value is -1.71. The Bertz CT molecular complexity index is 587. The molecule has 1 atom stereocenters. The van der Waals surface area contributed by atoms with Crippen molar-refractivity contribution in [2.75, 3.05) is 14.2 Å². The summed E-state index contributed by atoms with van der Waals surface area (Å²) in [4.78, 5) is 10.9. The highest BCUT2D eigenvalue weighted by molar-refractivity contribution is 5.66. The van der Waals surface area contributed by atoms with Crippen LogP contribution >= 0.6 is 0 Å². The molecule has 0 heterocycles. The van der Waals surface area contributed by atoms with Gasteiger partial charge in [0.25, 0.3) is 6.47 Å². The topological polar surface area (TPSA) is 44.8 Å². The first-order valence-electron chi connectivity index (χ1n) is 7.61. The second-order valence-corrected chi connectivity index (χ2v) is 7.29. The largest absolute Gasteiger partial charge is 0.493 e. The molecule has 1 aromatic rings. The van der Waals surface area contributed by atoms with Crippen LogP contribution in [0.1, 0.15) is 52.2 Å². The molecule has 1 aromatic carbocycles. The summed E-state index contributed by atoms with van der Waals surface area (Å²) in [7, 11) is 3.18. The predicted octanol–water partition coefficient (Wildman–Crippen LogP) is 3.83. The summed E-state index contributed by atoms with van der Waals surface area (Å²) in [6.45, 7) is 11.6. The van der Waals surface area contributed by atoms with Crippen molar-refractivity contribution in [2.24, 2.45) is 5.92 Å². The number of benzene rings is 1. The van der Waals surface area contributed by atoms with Gasteiger partial charge in [-0.05, 0) is 34.8 Å². The van der Waals surface area contributed by atoms with Crippen molar-refractivity contribution in [1.82, 2.24) is 0 Å². The van der Waals surface area contributed by atoms with Crippen LogP contribution in [0.4, 0.5) is 0 Å². The summed E-state index contributed by atoms with van der Waals surface area (Å²) in [6.07, 6.45) is 1.04. The van der Waals surface area contributed by atoms with Gasteiger partial charge in [0.05, 0.1) is 14.2 Å². The molecule has 1 aliphatic rings. The van der Waals surface area contributed by atoms with Gasteiger partial charge in [-0.3, -0.25) is 4.79 Å². The average Bonchev–Trinajstić information content (AvgIpc) is 2.44. The first kappa shape index (κ1) is 16.7. The average molecular weight is 306 g/mol. The Labute approximate surface area is 132 Å². The van der Waals surface area contributed by atoms with Crippen LogP contribution in [0.25, 0.3) is 0 Å². The molecule has 22 heavy (non-hydrogen) atoms. The van der Waals surface area contributed by atoms with Gasteiger partial charge in [-0.15, -0.1) is 0 Å². The zero-order chi connectivity index (χ0) is 16.7. The normalized spacial score (nSPS) is 21.7. The summed E-state index contributed by atoms with van der Waals surface area (Å²) in [6, 6.07) is 1.99. The summed E-state index contributed by atoms with van der Waals surface area (Å²) in [5, 5.41) is 0. The Morgan fingerprint density at radius 1 is 1.14 bits per heavy atom. The predicted molar refractivity (Wildman–Crippen MR) is 86.1 cm³/mol. The third kappa shape index (κ3) is 2.34. The van der Waals surface area contributed by atoms with Crippen molar-refractivity contribution in [3.63, 3.8) is 0 Å². The first-order chi connectivity index (χ1) is 10.2. The summed E-state index contributed by atoms with van der Waals surface area (Å²) in [5.41, 5.74) is 2.23. The molecule has 0 fully saturated rings. The van der Waals surface area contributed by atoms with Crippen LogP contribution in [-0.2, 0) is 15.6 Å². The van der Waals surface area contributed by atoms with E-state index in [2.05, 4.69) is 34.6 Å². The lowest BCUT2D eigenvalue weighted by Crippen LogP contribution is -2.40. The van der Waals surface area contributed by atoms with E-state index in [0.29, 0.717) is 29.6 Å². The molecule has 4 heteroatoms. The van der Waals surface area contributed by atoms with Crippen molar-refractivity contribution in [3.05, 3.63) is 17.2 Å². The summed E-state index contributed by atoms with van der Waals surface area (Å²) < 4.78 is 16.3. The highest BCUT2D eigenvalue weighted by Gasteiger charge is 2.45. The Balaban J connectivity index is 2.87. The number of fused-ring (bicyclic) bond motifs is 1. The van der Waals surface area contributed by atoms with Gasteiger partial charge in [-0.1, -0.05) is 34.6 Å². The fourth-order valence-corrected chi connectivity index (χ4v) is 3.69. The molecule has 2 rings (SSSR count). The molecular formula is C18H26O4. The van der Waals surface area contributed by atoms with Crippen LogP contribution in [0.2, 0.25) is 0 Å². The maximum Gasteiger partial charge on any atom is 0.298 e. The standard InChI is InChI=1S/C18H26O4/c1-11-9-17(2,3)14-12(18(11,4)5)8-13(20-6)15(22-10-19)16(14)21-7/h8,10-11H,9H2,1-7H3. The number of ether oxygens (including phenoxy) is 3. The maximum absolute atomic E-state index is 10.9. The molecule has 4 nitrogen and oxygen atoms in total. The van der Waals surface area contributed by atoms with Crippen LogP contribution in [0.15, 0.2) is 6.07 Å². The molecule has 0 N–H and O–H groups in total. The van der Waals surface area contributed by atoms with Crippen molar-refractivity contribution >= 4 is 6.47 Å². The molecule has 0 saturated heterocycles. The van der Waals surface area contributed by atoms with Crippen LogP contribution < -0.4 is 14.2 Å². The molecule has 1 unspecified atom stereocenters. The van der Waals surface area contributed by atoms with Gasteiger partial charge in [0.1, 0.15) is 0 Å². The van der Waals surface area contributed by atoms with Gasteiger partial charge in [-0.25, -0.2) is 0 Å². The SMILES string of the molecule is COc1cc2c(c(OC)c1OC=O)C(C)(C)CC(C)C2(C)C. The van der Waals surface area contributed by atoms with Gasteiger partial charge >= 0.3 is 0 Å². The zero-order valence-electron chi connectivity index (χ0n) is 14.6. The smallest absolute Gasteiger partial charge is 0.298 e. The van der Waals surface area contributed by atoms with E-state index in [1.165, 1.54) is 5.56 Å². The van der Waals surface area contributed by atoms with Crippen LogP contribution in [-0.4, -0.2) is 20.7 Å². The van der Waals surface area contributed by atoms with Gasteiger partial charge < -0.3 is 14.2 Å². The number of hydrogen-bond donors (Lipinski definition) is 0. The highest BCUT2D eigenvalue weighted by atomic mass is 16.6. The molecule has 122 valence electrons. The molecule has 0 spiro atoms. The fourth-order valence-electron chi connectivity index (χ4n) is 3.69. The molecule has 0 aromatic heterocycles. The Kier molecular flexibility index (Phi) is 4.16. The van der Waals surface area contributed by atoms with E-state index < -0.39 is 0 Å². The molecular weight excluding hydrogens is 280 g/mol. The van der Waals surface area contributed by atoms with Crippen molar-refractivity contribution in [1.29, 1.82) is 0 Å². The van der Waals surface area contributed by atoms with Crippen molar-refractivity contribution in [2.45, 2.75) is 51.9 Å². The van der Waals surface area contributed by atoms with E-state index in [1.54, 1.807) is 14.2 Å². The van der Waals surface area contributed by atoms with Gasteiger partial charge in [0.15, 0.2) is 11.5 Å². The summed E-state index contributed by atoms with van der Waals surface area (Å²) in [5.74, 6) is 2.01. The minimum Gasteiger partial charge on any atom is -0.493 e. The fraction of sp³-hybridized carbons (Fsp3) is 0.611. The third-order valence-electron chi connectivity index (χ3n) is 5.21. The number of rotatable bonds is 4. The van der Waals surface area contributed by atoms with Gasteiger partial charge in [-0.2, -0.15) is 0 Å². The molecule has 0 aliphatic heterocycles. The lowest BCUT2D eigenvalue weighted by atomic mass is 9.58. The van der Waals surface area contributed by atoms with E-state index >= 15 is 0 Å². The van der Waals surface area contributed by atoms with Crippen LogP contribution in [0.5, 0.6) is 17.2 Å². The second kappa shape index (κ2) is 5.49. The number of carbonyl (C=O) groups is 1. The lowest BCUT2D eigenvalue weighted by molar-refractivity contribution is -0.120. The van der Waals surface area contributed by atoms with E-state index in [-0.39, 0.29) is 10.8 Å². The Morgan fingerprint density at radius 3 is 2.27 bits per heavy atom. The van der Waals surface area contributed by atoms with Crippen LogP contribution in [0, 0.1) is 5.92 Å². The zero-order valence-corrected chi connectivity index (χ0v) is 14.6. The maximum atomic E-state index is 10.9. The molecule has 0 saturated carbocycles. The Morgan fingerprint density at radius 2 is 1.77 bits per heavy atom. The minimum absolute atomic E-state index is 0.00881. The van der Waals surface area contributed by atoms with Crippen molar-refractivity contribution < 1.29 is 19.0 Å². The quantitative estimate of drug-likeness (QED) is 0.793. The number of methoxy groups -OCH3 is 2. The highest BCUT2D eigenvalue weighted by Crippen LogP contribution is 2.56. The van der Waals surface area contributed by atoms with E-state index in [0.717, 1.165) is 12.0 Å². The number of carbonyl (C=O) groups excluding carboxylic acids is 1. The van der Waals surface area contributed by atoms with Crippen molar-refractivity contribution in [3.8, 4) is 17.2 Å². The van der Waals surface area contributed by atoms with E-state index in [9.17, 15) is 4.79 Å². The number of hydrogen-bond acceptors (Lipinski definition) is 4. The second-order valence-electron chi connectivity index (χ2n) is 7.29. The van der Waals surface area contributed by atoms with E-state index in [1.807, 2.05) is 6.07 Å². The lowest BCUT2D eigenvalue weighted by Gasteiger charge is -2.47. The van der Waals surface area contributed by atoms with Crippen LogP contribution in [0.3, 0.4) is 0 Å².